The molecule has 0 N–H and O–H groups in total. The zero-order chi connectivity index (χ0) is 23.6. The van der Waals surface area contributed by atoms with Gasteiger partial charge in [-0.25, -0.2) is 9.69 Å². The molecule has 2 aliphatic heterocycles. The van der Waals surface area contributed by atoms with E-state index in [1.165, 1.54) is 0 Å². The lowest BCUT2D eigenvalue weighted by molar-refractivity contribution is -0.287. The van der Waals surface area contributed by atoms with E-state index in [4.69, 9.17) is 14.2 Å². The Balaban J connectivity index is 1.89. The van der Waals surface area contributed by atoms with Gasteiger partial charge in [0.05, 0.1) is 18.6 Å². The van der Waals surface area contributed by atoms with Gasteiger partial charge in [-0.1, -0.05) is 0 Å². The summed E-state index contributed by atoms with van der Waals surface area (Å²) < 4.78 is 18.2. The SMILES string of the molecule is CCOC(=O)C1CCC(OC(C(=O)OC(C)(C)C)(N2CCCC2)N2CCCC2(C)C)CC1. The molecule has 3 aliphatic rings. The molecule has 3 fully saturated rings. The third-order valence-electron chi connectivity index (χ3n) is 7.09. The normalized spacial score (nSPS) is 28.9. The van der Waals surface area contributed by atoms with Crippen molar-refractivity contribution in [2.75, 3.05) is 26.2 Å². The van der Waals surface area contributed by atoms with Crippen molar-refractivity contribution in [3.8, 4) is 0 Å². The molecule has 0 bridgehead atoms. The number of carbonyl (C=O) groups excluding carboxylic acids is 2. The number of likely N-dealkylation sites (tertiary alicyclic amines) is 2. The highest BCUT2D eigenvalue weighted by Gasteiger charge is 2.59. The third kappa shape index (κ3) is 5.48. The lowest BCUT2D eigenvalue weighted by Crippen LogP contribution is -2.71. The van der Waals surface area contributed by atoms with E-state index in [-0.39, 0.29) is 29.5 Å². The molecular weight excluding hydrogens is 408 g/mol. The second-order valence-electron chi connectivity index (χ2n) is 11.2. The van der Waals surface area contributed by atoms with E-state index < -0.39 is 11.4 Å². The molecule has 0 amide bonds. The van der Waals surface area contributed by atoms with Gasteiger partial charge in [-0.15, -0.1) is 0 Å². The van der Waals surface area contributed by atoms with Crippen molar-refractivity contribution in [2.45, 2.75) is 116 Å². The van der Waals surface area contributed by atoms with Gasteiger partial charge >= 0.3 is 11.9 Å². The molecule has 7 nitrogen and oxygen atoms in total. The van der Waals surface area contributed by atoms with E-state index in [0.29, 0.717) is 6.61 Å². The first-order valence-corrected chi connectivity index (χ1v) is 12.6. The Labute approximate surface area is 194 Å². The number of hydrogen-bond acceptors (Lipinski definition) is 7. The number of esters is 2. The second kappa shape index (κ2) is 9.98. The first-order chi connectivity index (χ1) is 15.0. The lowest BCUT2D eigenvalue weighted by Gasteiger charge is -2.52. The summed E-state index contributed by atoms with van der Waals surface area (Å²) in [5.74, 6) is -1.69. The number of carbonyl (C=O) groups is 2. The number of hydrogen-bond donors (Lipinski definition) is 0. The maximum Gasteiger partial charge on any atom is 0.371 e. The van der Waals surface area contributed by atoms with Crippen molar-refractivity contribution in [1.29, 1.82) is 0 Å². The lowest BCUT2D eigenvalue weighted by atomic mass is 9.87. The van der Waals surface area contributed by atoms with Crippen molar-refractivity contribution in [3.05, 3.63) is 0 Å². The fraction of sp³-hybridized carbons (Fsp3) is 0.920. The zero-order valence-corrected chi connectivity index (χ0v) is 21.1. The van der Waals surface area contributed by atoms with Crippen LogP contribution in [0.15, 0.2) is 0 Å². The van der Waals surface area contributed by atoms with Crippen LogP contribution in [0.4, 0.5) is 0 Å². The second-order valence-corrected chi connectivity index (χ2v) is 11.2. The van der Waals surface area contributed by atoms with Crippen LogP contribution < -0.4 is 0 Å². The van der Waals surface area contributed by atoms with Crippen LogP contribution in [0, 0.1) is 5.92 Å². The van der Waals surface area contributed by atoms with Gasteiger partial charge in [-0.2, -0.15) is 0 Å². The molecule has 2 saturated heterocycles. The van der Waals surface area contributed by atoms with Crippen LogP contribution in [-0.4, -0.2) is 71.1 Å². The molecule has 184 valence electrons. The topological polar surface area (TPSA) is 68.3 Å². The van der Waals surface area contributed by atoms with Crippen LogP contribution in [0.2, 0.25) is 0 Å². The van der Waals surface area contributed by atoms with E-state index >= 15 is 0 Å². The van der Waals surface area contributed by atoms with Gasteiger partial charge in [-0.05, 0) is 92.9 Å². The molecule has 0 aromatic rings. The van der Waals surface area contributed by atoms with Gasteiger partial charge in [0.2, 0.25) is 0 Å². The number of ether oxygens (including phenoxy) is 3. The van der Waals surface area contributed by atoms with Crippen LogP contribution in [-0.2, 0) is 23.8 Å². The van der Waals surface area contributed by atoms with Crippen molar-refractivity contribution >= 4 is 11.9 Å². The highest BCUT2D eigenvalue weighted by atomic mass is 16.6. The van der Waals surface area contributed by atoms with Gasteiger partial charge in [0, 0.05) is 25.2 Å². The minimum absolute atomic E-state index is 0.0688. The molecule has 1 aliphatic carbocycles. The monoisotopic (exact) mass is 452 g/mol. The van der Waals surface area contributed by atoms with Gasteiger partial charge in [0.1, 0.15) is 5.60 Å². The molecule has 7 heteroatoms. The van der Waals surface area contributed by atoms with E-state index in [1.807, 2.05) is 27.7 Å². The molecule has 0 spiro atoms. The van der Waals surface area contributed by atoms with Crippen molar-refractivity contribution in [3.63, 3.8) is 0 Å². The molecule has 32 heavy (non-hydrogen) atoms. The molecule has 2 heterocycles. The van der Waals surface area contributed by atoms with Crippen LogP contribution in [0.5, 0.6) is 0 Å². The summed E-state index contributed by atoms with van der Waals surface area (Å²) in [5, 5.41) is 0. The largest absolute Gasteiger partial charge is 0.466 e. The van der Waals surface area contributed by atoms with Crippen molar-refractivity contribution in [1.82, 2.24) is 9.80 Å². The molecule has 1 saturated carbocycles. The Bertz CT molecular complexity index is 660. The van der Waals surface area contributed by atoms with Gasteiger partial charge in [0.15, 0.2) is 0 Å². The minimum atomic E-state index is -1.22. The predicted octanol–water partition coefficient (Wildman–Crippen LogP) is 4.09. The molecule has 3 rings (SSSR count). The third-order valence-corrected chi connectivity index (χ3v) is 7.09. The highest BCUT2D eigenvalue weighted by Crippen LogP contribution is 2.43. The summed E-state index contributed by atoms with van der Waals surface area (Å²) in [7, 11) is 0. The van der Waals surface area contributed by atoms with E-state index in [9.17, 15) is 9.59 Å². The molecule has 1 unspecified atom stereocenters. The smallest absolute Gasteiger partial charge is 0.371 e. The van der Waals surface area contributed by atoms with Crippen LogP contribution in [0.3, 0.4) is 0 Å². The summed E-state index contributed by atoms with van der Waals surface area (Å²) in [6.45, 7) is 14.9. The molecular formula is C25H44N2O5. The fourth-order valence-electron chi connectivity index (χ4n) is 5.54. The van der Waals surface area contributed by atoms with Crippen LogP contribution >= 0.6 is 0 Å². The summed E-state index contributed by atoms with van der Waals surface area (Å²) in [4.78, 5) is 30.6. The van der Waals surface area contributed by atoms with Gasteiger partial charge in [0.25, 0.3) is 5.85 Å². The van der Waals surface area contributed by atoms with Crippen molar-refractivity contribution in [2.24, 2.45) is 5.92 Å². The van der Waals surface area contributed by atoms with Crippen LogP contribution in [0.25, 0.3) is 0 Å². The van der Waals surface area contributed by atoms with Gasteiger partial charge < -0.3 is 14.2 Å². The highest BCUT2D eigenvalue weighted by molar-refractivity contribution is 5.79. The van der Waals surface area contributed by atoms with Crippen molar-refractivity contribution < 1.29 is 23.8 Å². The Kier molecular flexibility index (Phi) is 7.93. The summed E-state index contributed by atoms with van der Waals surface area (Å²) >= 11 is 0. The molecule has 0 radical (unpaired) electrons. The fourth-order valence-corrected chi connectivity index (χ4v) is 5.54. The van der Waals surface area contributed by atoms with Gasteiger partial charge in [-0.3, -0.25) is 9.69 Å². The van der Waals surface area contributed by atoms with E-state index in [0.717, 1.165) is 71.0 Å². The minimum Gasteiger partial charge on any atom is -0.466 e. The van der Waals surface area contributed by atoms with E-state index in [2.05, 4.69) is 23.6 Å². The maximum absolute atomic E-state index is 14.0. The number of rotatable bonds is 7. The van der Waals surface area contributed by atoms with E-state index in [1.54, 1.807) is 0 Å². The van der Waals surface area contributed by atoms with Crippen LogP contribution in [0.1, 0.15) is 92.9 Å². The summed E-state index contributed by atoms with van der Waals surface area (Å²) in [6, 6.07) is 0. The predicted molar refractivity (Wildman–Crippen MR) is 123 cm³/mol. The molecule has 0 aromatic carbocycles. The molecule has 0 aromatic heterocycles. The summed E-state index contributed by atoms with van der Waals surface area (Å²) in [6.07, 6.45) is 7.02. The first kappa shape index (κ1) is 25.4. The first-order valence-electron chi connectivity index (χ1n) is 12.6. The standard InChI is InChI=1S/C25H44N2O5/c1-7-30-21(28)19-11-13-20(14-12-19)31-25(26-16-8-9-17-26,22(29)32-23(2,3)4)27-18-10-15-24(27,5)6/h19-20H,7-18H2,1-6H3. The zero-order valence-electron chi connectivity index (χ0n) is 21.1. The number of nitrogens with zero attached hydrogens (tertiary/aromatic N) is 2. The Morgan fingerprint density at radius 1 is 0.969 bits per heavy atom. The Morgan fingerprint density at radius 3 is 2.09 bits per heavy atom. The Hall–Kier alpha value is -1.18. The average Bonchev–Trinajstić information content (AvgIpc) is 3.35. The Morgan fingerprint density at radius 2 is 1.59 bits per heavy atom. The average molecular weight is 453 g/mol. The summed E-state index contributed by atoms with van der Waals surface area (Å²) in [5.41, 5.74) is -0.765. The molecule has 1 atom stereocenters. The quantitative estimate of drug-likeness (QED) is 0.539. The maximum atomic E-state index is 14.0.